The van der Waals surface area contributed by atoms with Gasteiger partial charge in [-0.05, 0) is 67.7 Å². The number of aryl methyl sites for hydroxylation is 2. The number of hydrogen-bond acceptors (Lipinski definition) is 7. The lowest BCUT2D eigenvalue weighted by atomic mass is 9.99. The minimum atomic E-state index is -3.88. The SMILES string of the molecule is CC(O)Cn1cc(S(=O)(=O)c2nc(Nc3c4c(cc5c3CCC5)CCC4)n[nH]2)cn1. The third-order valence-corrected chi connectivity index (χ3v) is 7.32. The van der Waals surface area contributed by atoms with Crippen LogP contribution in [-0.4, -0.2) is 44.6 Å². The highest BCUT2D eigenvalue weighted by atomic mass is 32.2. The van der Waals surface area contributed by atoms with Gasteiger partial charge < -0.3 is 10.4 Å². The monoisotopic (exact) mass is 428 g/mol. The molecule has 158 valence electrons. The molecule has 3 aromatic rings. The van der Waals surface area contributed by atoms with Crippen molar-refractivity contribution in [3.63, 3.8) is 0 Å². The van der Waals surface area contributed by atoms with Gasteiger partial charge in [0.2, 0.25) is 20.9 Å². The molecule has 0 amide bonds. The van der Waals surface area contributed by atoms with Crippen LogP contribution in [0.5, 0.6) is 0 Å². The highest BCUT2D eigenvalue weighted by Gasteiger charge is 2.27. The lowest BCUT2D eigenvalue weighted by Crippen LogP contribution is -2.12. The summed E-state index contributed by atoms with van der Waals surface area (Å²) in [7, 11) is -3.88. The smallest absolute Gasteiger partial charge is 0.249 e. The average molecular weight is 429 g/mol. The standard InChI is InChI=1S/C20H24N6O3S/c1-12(27)10-26-11-15(9-21-26)30(28,29)20-23-19(24-25-20)22-18-16-6-2-4-13(16)8-14-5-3-7-17(14)18/h8-9,11-12,27H,2-7,10H2,1H3,(H2,22,23,24,25). The number of aliphatic hydroxyl groups is 1. The van der Waals surface area contributed by atoms with Crippen LogP contribution >= 0.6 is 0 Å². The van der Waals surface area contributed by atoms with Gasteiger partial charge in [-0.15, -0.1) is 5.10 Å². The van der Waals surface area contributed by atoms with Gasteiger partial charge in [0, 0.05) is 11.9 Å². The highest BCUT2D eigenvalue weighted by molar-refractivity contribution is 7.91. The van der Waals surface area contributed by atoms with Crippen LogP contribution < -0.4 is 5.32 Å². The minimum absolute atomic E-state index is 0.00680. The van der Waals surface area contributed by atoms with E-state index in [2.05, 4.69) is 31.7 Å². The number of rotatable bonds is 6. The number of nitrogens with one attached hydrogen (secondary N) is 2. The van der Waals surface area contributed by atoms with Crippen molar-refractivity contribution >= 4 is 21.5 Å². The van der Waals surface area contributed by atoms with Gasteiger partial charge in [-0.1, -0.05) is 6.07 Å². The molecule has 0 spiro atoms. The molecule has 0 saturated heterocycles. The lowest BCUT2D eigenvalue weighted by molar-refractivity contribution is 0.168. The Morgan fingerprint density at radius 1 is 1.20 bits per heavy atom. The number of anilines is 2. The molecule has 5 rings (SSSR count). The fraction of sp³-hybridized carbons (Fsp3) is 0.450. The van der Waals surface area contributed by atoms with E-state index < -0.39 is 15.9 Å². The summed E-state index contributed by atoms with van der Waals surface area (Å²) in [5, 5.41) is 23.2. The molecular weight excluding hydrogens is 404 g/mol. The largest absolute Gasteiger partial charge is 0.391 e. The first-order chi connectivity index (χ1) is 14.4. The van der Waals surface area contributed by atoms with E-state index >= 15 is 0 Å². The van der Waals surface area contributed by atoms with Crippen LogP contribution in [0.25, 0.3) is 0 Å². The summed E-state index contributed by atoms with van der Waals surface area (Å²) in [6.45, 7) is 1.82. The maximum absolute atomic E-state index is 12.9. The zero-order chi connectivity index (χ0) is 20.9. The number of aromatic nitrogens is 5. The van der Waals surface area contributed by atoms with Gasteiger partial charge in [0.15, 0.2) is 0 Å². The van der Waals surface area contributed by atoms with Gasteiger partial charge in [-0.3, -0.25) is 4.68 Å². The van der Waals surface area contributed by atoms with Gasteiger partial charge in [-0.25, -0.2) is 13.5 Å². The number of H-pyrrole nitrogens is 1. The Balaban J connectivity index is 1.44. The van der Waals surface area contributed by atoms with Crippen molar-refractivity contribution in [1.29, 1.82) is 0 Å². The summed E-state index contributed by atoms with van der Waals surface area (Å²) < 4.78 is 27.2. The molecule has 1 atom stereocenters. The van der Waals surface area contributed by atoms with E-state index in [1.165, 1.54) is 39.3 Å². The summed E-state index contributed by atoms with van der Waals surface area (Å²) in [5.41, 5.74) is 6.44. The molecule has 2 aliphatic carbocycles. The van der Waals surface area contributed by atoms with E-state index in [0.717, 1.165) is 44.2 Å². The number of hydrogen-bond donors (Lipinski definition) is 3. The molecule has 3 N–H and O–H groups in total. The Morgan fingerprint density at radius 2 is 1.90 bits per heavy atom. The van der Waals surface area contributed by atoms with E-state index in [9.17, 15) is 13.5 Å². The lowest BCUT2D eigenvalue weighted by Gasteiger charge is -2.15. The molecular formula is C20H24N6O3S. The van der Waals surface area contributed by atoms with Crippen molar-refractivity contribution in [1.82, 2.24) is 25.0 Å². The molecule has 0 fully saturated rings. The van der Waals surface area contributed by atoms with Crippen LogP contribution in [0.4, 0.5) is 11.6 Å². The van der Waals surface area contributed by atoms with Crippen LogP contribution in [0, 0.1) is 0 Å². The summed E-state index contributed by atoms with van der Waals surface area (Å²) in [4.78, 5) is 4.23. The predicted molar refractivity (Wildman–Crippen MR) is 110 cm³/mol. The normalized spacial score (nSPS) is 16.5. The molecule has 9 nitrogen and oxygen atoms in total. The molecule has 0 bridgehead atoms. The Morgan fingerprint density at radius 3 is 2.57 bits per heavy atom. The molecule has 30 heavy (non-hydrogen) atoms. The fourth-order valence-corrected chi connectivity index (χ4v) is 5.51. The van der Waals surface area contributed by atoms with Gasteiger partial charge in [0.05, 0.1) is 18.8 Å². The molecule has 2 aliphatic rings. The second kappa shape index (κ2) is 7.21. The van der Waals surface area contributed by atoms with E-state index in [1.54, 1.807) is 6.92 Å². The Labute approximate surface area is 174 Å². The van der Waals surface area contributed by atoms with E-state index in [1.807, 2.05) is 0 Å². The number of nitrogens with zero attached hydrogens (tertiary/aromatic N) is 4. The van der Waals surface area contributed by atoms with Crippen molar-refractivity contribution in [2.75, 3.05) is 5.32 Å². The fourth-order valence-electron chi connectivity index (χ4n) is 4.47. The molecule has 1 aromatic carbocycles. The second-order valence-electron chi connectivity index (χ2n) is 8.07. The van der Waals surface area contributed by atoms with E-state index in [4.69, 9.17) is 0 Å². The second-order valence-corrected chi connectivity index (χ2v) is 9.94. The first-order valence-electron chi connectivity index (χ1n) is 10.2. The van der Waals surface area contributed by atoms with Crippen LogP contribution in [0.3, 0.4) is 0 Å². The summed E-state index contributed by atoms with van der Waals surface area (Å²) in [6.07, 6.45) is 8.48. The maximum Gasteiger partial charge on any atom is 0.249 e. The molecule has 1 unspecified atom stereocenters. The molecule has 2 heterocycles. The van der Waals surface area contributed by atoms with Gasteiger partial charge in [0.1, 0.15) is 4.90 Å². The maximum atomic E-state index is 12.9. The Hall–Kier alpha value is -2.72. The number of benzene rings is 1. The minimum Gasteiger partial charge on any atom is -0.391 e. The molecule has 0 saturated carbocycles. The van der Waals surface area contributed by atoms with Crippen LogP contribution in [0.1, 0.15) is 42.0 Å². The van der Waals surface area contributed by atoms with E-state index in [0.29, 0.717) is 0 Å². The van der Waals surface area contributed by atoms with Crippen molar-refractivity contribution in [3.8, 4) is 0 Å². The van der Waals surface area contributed by atoms with Crippen molar-refractivity contribution in [3.05, 3.63) is 40.7 Å². The van der Waals surface area contributed by atoms with Gasteiger partial charge in [0.25, 0.3) is 0 Å². The molecule has 0 radical (unpaired) electrons. The van der Waals surface area contributed by atoms with Gasteiger partial charge >= 0.3 is 0 Å². The number of aromatic amines is 1. The predicted octanol–water partition coefficient (Wildman–Crippen LogP) is 1.94. The zero-order valence-corrected chi connectivity index (χ0v) is 17.5. The topological polar surface area (TPSA) is 126 Å². The average Bonchev–Trinajstić information content (AvgIpc) is 3.47. The summed E-state index contributed by atoms with van der Waals surface area (Å²) >= 11 is 0. The third-order valence-electron chi connectivity index (χ3n) is 5.80. The van der Waals surface area contributed by atoms with Crippen molar-refractivity contribution < 1.29 is 13.5 Å². The van der Waals surface area contributed by atoms with Crippen molar-refractivity contribution in [2.24, 2.45) is 0 Å². The van der Waals surface area contributed by atoms with Crippen LogP contribution in [0.15, 0.2) is 28.5 Å². The molecule has 10 heteroatoms. The highest BCUT2D eigenvalue weighted by Crippen LogP contribution is 2.39. The number of aliphatic hydroxyl groups excluding tert-OH is 1. The quantitative estimate of drug-likeness (QED) is 0.548. The van der Waals surface area contributed by atoms with Gasteiger partial charge in [-0.2, -0.15) is 10.1 Å². The third kappa shape index (κ3) is 3.29. The first kappa shape index (κ1) is 19.3. The Kier molecular flexibility index (Phi) is 4.62. The Bertz CT molecular complexity index is 1180. The zero-order valence-electron chi connectivity index (χ0n) is 16.7. The van der Waals surface area contributed by atoms with Crippen LogP contribution in [-0.2, 0) is 42.1 Å². The first-order valence-corrected chi connectivity index (χ1v) is 11.7. The number of sulfone groups is 1. The summed E-state index contributed by atoms with van der Waals surface area (Å²) in [5.74, 6) is 0.249. The van der Waals surface area contributed by atoms with Crippen LogP contribution in [0.2, 0.25) is 0 Å². The summed E-state index contributed by atoms with van der Waals surface area (Å²) in [6, 6.07) is 2.34. The van der Waals surface area contributed by atoms with E-state index in [-0.39, 0.29) is 22.5 Å². The number of fused-ring (bicyclic) bond motifs is 2. The van der Waals surface area contributed by atoms with Crippen molar-refractivity contribution in [2.45, 2.75) is 68.1 Å². The molecule has 2 aromatic heterocycles. The molecule has 0 aliphatic heterocycles.